The molecular weight excluding hydrogens is 214 g/mol. The molecule has 0 bridgehead atoms. The van der Waals surface area contributed by atoms with Crippen LogP contribution in [0.5, 0.6) is 0 Å². The maximum absolute atomic E-state index is 11.9. The lowest BCUT2D eigenvalue weighted by molar-refractivity contribution is -0.154. The van der Waals surface area contributed by atoms with E-state index in [0.29, 0.717) is 5.41 Å². The molecule has 1 N–H and O–H groups in total. The zero-order valence-electron chi connectivity index (χ0n) is 11.1. The Morgan fingerprint density at radius 1 is 1.18 bits per heavy atom. The largest absolute Gasteiger partial charge is 0.461 e. The van der Waals surface area contributed by atoms with Crippen molar-refractivity contribution in [2.75, 3.05) is 6.54 Å². The molecule has 2 fully saturated rings. The van der Waals surface area contributed by atoms with Gasteiger partial charge in [0.05, 0.1) is 0 Å². The van der Waals surface area contributed by atoms with Gasteiger partial charge in [0.25, 0.3) is 0 Å². The number of ether oxygens (including phenoxy) is 1. The molecule has 0 spiro atoms. The van der Waals surface area contributed by atoms with Gasteiger partial charge in [-0.15, -0.1) is 0 Å². The topological polar surface area (TPSA) is 38.3 Å². The highest BCUT2D eigenvalue weighted by molar-refractivity contribution is 5.76. The summed E-state index contributed by atoms with van der Waals surface area (Å²) >= 11 is 0. The van der Waals surface area contributed by atoms with Crippen LogP contribution in [0, 0.1) is 5.41 Å². The molecule has 1 aliphatic heterocycles. The molecule has 0 aromatic rings. The molecule has 0 aromatic heterocycles. The molecule has 1 saturated carbocycles. The highest BCUT2D eigenvalue weighted by Crippen LogP contribution is 2.36. The summed E-state index contributed by atoms with van der Waals surface area (Å²) in [5, 5.41) is 3.25. The van der Waals surface area contributed by atoms with Crippen molar-refractivity contribution in [1.29, 1.82) is 0 Å². The van der Waals surface area contributed by atoms with Crippen molar-refractivity contribution in [2.45, 2.75) is 70.9 Å². The average molecular weight is 239 g/mol. The molecule has 98 valence electrons. The predicted molar refractivity (Wildman–Crippen MR) is 67.8 cm³/mol. The zero-order valence-corrected chi connectivity index (χ0v) is 11.1. The minimum absolute atomic E-state index is 0.0191. The molecule has 3 heteroatoms. The first kappa shape index (κ1) is 12.9. The molecule has 1 aliphatic carbocycles. The fourth-order valence-electron chi connectivity index (χ4n) is 2.79. The van der Waals surface area contributed by atoms with Gasteiger partial charge in [-0.3, -0.25) is 4.79 Å². The van der Waals surface area contributed by atoms with Crippen molar-refractivity contribution >= 4 is 5.97 Å². The van der Waals surface area contributed by atoms with Crippen LogP contribution in [-0.4, -0.2) is 24.7 Å². The van der Waals surface area contributed by atoms with E-state index < -0.39 is 0 Å². The first-order valence-electron chi connectivity index (χ1n) is 7.01. The second kappa shape index (κ2) is 5.38. The number of nitrogens with one attached hydrogen (secondary N) is 1. The molecule has 1 unspecified atom stereocenters. The van der Waals surface area contributed by atoms with Gasteiger partial charge in [0.1, 0.15) is 12.1 Å². The summed E-state index contributed by atoms with van der Waals surface area (Å²) < 4.78 is 5.62. The summed E-state index contributed by atoms with van der Waals surface area (Å²) in [6.45, 7) is 5.55. The quantitative estimate of drug-likeness (QED) is 0.753. The Bertz CT molecular complexity index is 259. The fourth-order valence-corrected chi connectivity index (χ4v) is 2.79. The third-order valence-electron chi connectivity index (χ3n) is 4.16. The molecule has 1 saturated heterocycles. The van der Waals surface area contributed by atoms with E-state index >= 15 is 0 Å². The van der Waals surface area contributed by atoms with Crippen molar-refractivity contribution < 1.29 is 9.53 Å². The van der Waals surface area contributed by atoms with E-state index in [0.717, 1.165) is 32.2 Å². The third kappa shape index (κ3) is 3.70. The van der Waals surface area contributed by atoms with Gasteiger partial charge in [0, 0.05) is 0 Å². The van der Waals surface area contributed by atoms with Crippen LogP contribution in [0.25, 0.3) is 0 Å². The fraction of sp³-hybridized carbons (Fsp3) is 0.929. The van der Waals surface area contributed by atoms with Crippen LogP contribution in [0.15, 0.2) is 0 Å². The third-order valence-corrected chi connectivity index (χ3v) is 4.16. The van der Waals surface area contributed by atoms with Crippen LogP contribution in [-0.2, 0) is 9.53 Å². The first-order valence-corrected chi connectivity index (χ1v) is 7.01. The molecule has 0 amide bonds. The van der Waals surface area contributed by atoms with Gasteiger partial charge >= 0.3 is 5.97 Å². The predicted octanol–water partition coefficient (Wildman–Crippen LogP) is 2.64. The van der Waals surface area contributed by atoms with Gasteiger partial charge in [0.15, 0.2) is 0 Å². The van der Waals surface area contributed by atoms with Gasteiger partial charge in [-0.1, -0.05) is 20.3 Å². The molecule has 2 aliphatic rings. The molecule has 2 rings (SSSR count). The van der Waals surface area contributed by atoms with Gasteiger partial charge in [-0.2, -0.15) is 0 Å². The number of piperidine rings is 1. The highest BCUT2D eigenvalue weighted by Gasteiger charge is 2.30. The minimum Gasteiger partial charge on any atom is -0.461 e. The molecule has 1 atom stereocenters. The second-order valence-electron chi connectivity index (χ2n) is 6.30. The number of hydrogen-bond acceptors (Lipinski definition) is 3. The van der Waals surface area contributed by atoms with E-state index in [-0.39, 0.29) is 18.1 Å². The number of esters is 1. The van der Waals surface area contributed by atoms with E-state index in [1.54, 1.807) is 0 Å². The van der Waals surface area contributed by atoms with Crippen LogP contribution in [0.1, 0.15) is 58.8 Å². The van der Waals surface area contributed by atoms with Gasteiger partial charge < -0.3 is 10.1 Å². The minimum atomic E-state index is -0.0429. The van der Waals surface area contributed by atoms with E-state index in [1.165, 1.54) is 19.3 Å². The van der Waals surface area contributed by atoms with Crippen LogP contribution in [0.3, 0.4) is 0 Å². The second-order valence-corrected chi connectivity index (χ2v) is 6.30. The Kier molecular flexibility index (Phi) is 4.08. The van der Waals surface area contributed by atoms with Crippen molar-refractivity contribution in [2.24, 2.45) is 5.41 Å². The van der Waals surface area contributed by atoms with Crippen molar-refractivity contribution in [3.8, 4) is 0 Å². The lowest BCUT2D eigenvalue weighted by atomic mass is 9.76. The van der Waals surface area contributed by atoms with Crippen LogP contribution >= 0.6 is 0 Å². The Hall–Kier alpha value is -0.570. The van der Waals surface area contributed by atoms with E-state index in [4.69, 9.17) is 4.74 Å². The number of rotatable bonds is 2. The maximum atomic E-state index is 11.9. The zero-order chi connectivity index (χ0) is 12.3. The van der Waals surface area contributed by atoms with Crippen LogP contribution < -0.4 is 5.32 Å². The molecule has 0 radical (unpaired) electrons. The van der Waals surface area contributed by atoms with Gasteiger partial charge in [-0.25, -0.2) is 0 Å². The molecule has 1 heterocycles. The summed E-state index contributed by atoms with van der Waals surface area (Å²) in [5.74, 6) is -0.0191. The standard InChI is InChI=1S/C14H25NO2/c1-14(2)8-6-11(7-9-14)17-13(16)12-5-3-4-10-15-12/h11-12,15H,3-10H2,1-2H3. The first-order chi connectivity index (χ1) is 8.07. The van der Waals surface area contributed by atoms with Crippen molar-refractivity contribution in [3.63, 3.8) is 0 Å². The lowest BCUT2D eigenvalue weighted by Crippen LogP contribution is -2.43. The monoisotopic (exact) mass is 239 g/mol. The summed E-state index contributed by atoms with van der Waals surface area (Å²) in [5.41, 5.74) is 0.437. The summed E-state index contributed by atoms with van der Waals surface area (Å²) in [6, 6.07) is -0.0429. The Morgan fingerprint density at radius 2 is 1.88 bits per heavy atom. The van der Waals surface area contributed by atoms with Crippen LogP contribution in [0.2, 0.25) is 0 Å². The molecular formula is C14H25NO2. The smallest absolute Gasteiger partial charge is 0.323 e. The lowest BCUT2D eigenvalue weighted by Gasteiger charge is -2.34. The maximum Gasteiger partial charge on any atom is 0.323 e. The van der Waals surface area contributed by atoms with Crippen LogP contribution in [0.4, 0.5) is 0 Å². The molecule has 17 heavy (non-hydrogen) atoms. The van der Waals surface area contributed by atoms with E-state index in [2.05, 4.69) is 19.2 Å². The number of carbonyl (C=O) groups excluding carboxylic acids is 1. The van der Waals surface area contributed by atoms with Crippen molar-refractivity contribution in [3.05, 3.63) is 0 Å². The number of carbonyl (C=O) groups is 1. The average Bonchev–Trinajstić information content (AvgIpc) is 2.33. The van der Waals surface area contributed by atoms with Gasteiger partial charge in [-0.05, 0) is 50.5 Å². The van der Waals surface area contributed by atoms with E-state index in [1.807, 2.05) is 0 Å². The highest BCUT2D eigenvalue weighted by atomic mass is 16.5. The van der Waals surface area contributed by atoms with E-state index in [9.17, 15) is 4.79 Å². The normalized spacial score (nSPS) is 29.9. The number of hydrogen-bond donors (Lipinski definition) is 1. The Morgan fingerprint density at radius 3 is 2.47 bits per heavy atom. The Balaban J connectivity index is 1.75. The van der Waals surface area contributed by atoms with Gasteiger partial charge in [0.2, 0.25) is 0 Å². The van der Waals surface area contributed by atoms with Crippen molar-refractivity contribution in [1.82, 2.24) is 5.32 Å². The Labute approximate surface area is 104 Å². The summed E-state index contributed by atoms with van der Waals surface area (Å²) in [6.07, 6.45) is 7.84. The molecule has 3 nitrogen and oxygen atoms in total. The summed E-state index contributed by atoms with van der Waals surface area (Å²) in [7, 11) is 0. The molecule has 0 aromatic carbocycles. The summed E-state index contributed by atoms with van der Waals surface area (Å²) in [4.78, 5) is 11.9. The SMILES string of the molecule is CC1(C)CCC(OC(=O)C2CCCCN2)CC1.